The molecule has 1 aromatic carbocycles. The van der Waals surface area contributed by atoms with E-state index in [1.54, 1.807) is 6.07 Å². The Labute approximate surface area is 71.4 Å². The Balaban J connectivity index is 2.37. The molecule has 0 unspecified atom stereocenters. The summed E-state index contributed by atoms with van der Waals surface area (Å²) in [5.41, 5.74) is 8.13. The fraction of sp³-hybridized carbons (Fsp3) is 0.400. The van der Waals surface area contributed by atoms with Crippen molar-refractivity contribution in [1.82, 2.24) is 0 Å². The zero-order valence-corrected chi connectivity index (χ0v) is 6.89. The molecule has 0 fully saturated rings. The largest absolute Gasteiger partial charge is 0.327 e. The summed E-state index contributed by atoms with van der Waals surface area (Å²) < 4.78 is 12.8. The minimum absolute atomic E-state index is 0.150. The first kappa shape index (κ1) is 7.74. The summed E-state index contributed by atoms with van der Waals surface area (Å²) in [6.07, 6.45) is 2.85. The van der Waals surface area contributed by atoms with E-state index in [-0.39, 0.29) is 11.9 Å². The summed E-state index contributed by atoms with van der Waals surface area (Å²) in [4.78, 5) is 0. The zero-order chi connectivity index (χ0) is 8.55. The normalized spacial score (nSPS) is 22.0. The molecule has 1 aliphatic carbocycles. The number of fused-ring (bicyclic) bond motifs is 1. The first-order chi connectivity index (χ1) is 5.75. The Bertz CT molecular complexity index is 296. The molecule has 0 aromatic heterocycles. The van der Waals surface area contributed by atoms with Crippen LogP contribution >= 0.6 is 0 Å². The lowest BCUT2D eigenvalue weighted by atomic mass is 9.89. The van der Waals surface area contributed by atoms with Crippen LogP contribution in [0.5, 0.6) is 0 Å². The lowest BCUT2D eigenvalue weighted by Gasteiger charge is -2.20. The van der Waals surface area contributed by atoms with Crippen LogP contribution < -0.4 is 5.73 Å². The molecule has 1 atom stereocenters. The molecule has 64 valence electrons. The van der Waals surface area contributed by atoms with Gasteiger partial charge in [0.25, 0.3) is 0 Å². The quantitative estimate of drug-likeness (QED) is 0.621. The molecule has 1 nitrogen and oxygen atoms in total. The van der Waals surface area contributed by atoms with Crippen LogP contribution in [0.15, 0.2) is 18.2 Å². The first-order valence-electron chi connectivity index (χ1n) is 4.28. The zero-order valence-electron chi connectivity index (χ0n) is 6.89. The van der Waals surface area contributed by atoms with E-state index in [1.165, 1.54) is 11.6 Å². The second kappa shape index (κ2) is 2.87. The van der Waals surface area contributed by atoms with Crippen molar-refractivity contribution in [2.45, 2.75) is 25.3 Å². The monoisotopic (exact) mass is 165 g/mol. The van der Waals surface area contributed by atoms with Gasteiger partial charge >= 0.3 is 0 Å². The van der Waals surface area contributed by atoms with Gasteiger partial charge in [0, 0.05) is 6.04 Å². The van der Waals surface area contributed by atoms with E-state index in [4.69, 9.17) is 5.73 Å². The van der Waals surface area contributed by atoms with Gasteiger partial charge < -0.3 is 5.73 Å². The molecule has 1 aromatic rings. The van der Waals surface area contributed by atoms with E-state index in [0.717, 1.165) is 24.8 Å². The van der Waals surface area contributed by atoms with Crippen LogP contribution in [0.1, 0.15) is 17.5 Å². The Kier molecular flexibility index (Phi) is 1.85. The third kappa shape index (κ3) is 1.34. The van der Waals surface area contributed by atoms with E-state index < -0.39 is 0 Å². The lowest BCUT2D eigenvalue weighted by molar-refractivity contribution is 0.566. The van der Waals surface area contributed by atoms with Crippen LogP contribution in [0.3, 0.4) is 0 Å². The minimum atomic E-state index is -0.150. The number of halogens is 1. The number of nitrogens with two attached hydrogens (primary N) is 1. The Hall–Kier alpha value is -0.890. The van der Waals surface area contributed by atoms with Gasteiger partial charge in [-0.05, 0) is 42.5 Å². The standard InChI is InChI=1S/C10H12FN/c11-9-3-1-7-2-4-10(12)6-8(7)5-9/h1,3,5,10H,2,4,6,12H2/t10-/m1/s1. The molecule has 2 N–H and O–H groups in total. The van der Waals surface area contributed by atoms with Crippen molar-refractivity contribution < 1.29 is 4.39 Å². The molecule has 0 amide bonds. The highest BCUT2D eigenvalue weighted by atomic mass is 19.1. The van der Waals surface area contributed by atoms with Crippen molar-refractivity contribution >= 4 is 0 Å². The minimum Gasteiger partial charge on any atom is -0.327 e. The predicted octanol–water partition coefficient (Wildman–Crippen LogP) is 1.64. The van der Waals surface area contributed by atoms with Crippen molar-refractivity contribution in [3.8, 4) is 0 Å². The van der Waals surface area contributed by atoms with Gasteiger partial charge in [-0.3, -0.25) is 0 Å². The highest BCUT2D eigenvalue weighted by Crippen LogP contribution is 2.20. The number of rotatable bonds is 0. The Morgan fingerprint density at radius 3 is 3.00 bits per heavy atom. The van der Waals surface area contributed by atoms with E-state index in [9.17, 15) is 4.39 Å². The summed E-state index contributed by atoms with van der Waals surface area (Å²) in [5.74, 6) is -0.150. The van der Waals surface area contributed by atoms with Crippen molar-refractivity contribution in [2.75, 3.05) is 0 Å². The molecule has 2 rings (SSSR count). The molecular formula is C10H12FN. The predicted molar refractivity (Wildman–Crippen MR) is 46.4 cm³/mol. The maximum atomic E-state index is 12.8. The highest BCUT2D eigenvalue weighted by molar-refractivity contribution is 5.30. The molecule has 2 heteroatoms. The van der Waals surface area contributed by atoms with E-state index in [1.807, 2.05) is 6.07 Å². The smallest absolute Gasteiger partial charge is 0.123 e. The third-order valence-corrected chi connectivity index (χ3v) is 2.43. The van der Waals surface area contributed by atoms with Crippen LogP contribution in [-0.4, -0.2) is 6.04 Å². The average molecular weight is 165 g/mol. The maximum Gasteiger partial charge on any atom is 0.123 e. The fourth-order valence-corrected chi connectivity index (χ4v) is 1.75. The molecule has 0 heterocycles. The molecule has 0 spiro atoms. The van der Waals surface area contributed by atoms with E-state index >= 15 is 0 Å². The Morgan fingerprint density at radius 1 is 1.33 bits per heavy atom. The third-order valence-electron chi connectivity index (χ3n) is 2.43. The molecule has 0 bridgehead atoms. The second-order valence-electron chi connectivity index (χ2n) is 3.42. The molecule has 0 saturated heterocycles. The van der Waals surface area contributed by atoms with Gasteiger partial charge in [-0.2, -0.15) is 0 Å². The van der Waals surface area contributed by atoms with Crippen molar-refractivity contribution in [3.05, 3.63) is 35.1 Å². The molecule has 12 heavy (non-hydrogen) atoms. The molecule has 0 radical (unpaired) electrons. The molecule has 1 aliphatic rings. The van der Waals surface area contributed by atoms with Crippen LogP contribution in [-0.2, 0) is 12.8 Å². The van der Waals surface area contributed by atoms with E-state index in [2.05, 4.69) is 0 Å². The second-order valence-corrected chi connectivity index (χ2v) is 3.42. The summed E-state index contributed by atoms with van der Waals surface area (Å²) in [5, 5.41) is 0. The van der Waals surface area contributed by atoms with Crippen molar-refractivity contribution in [2.24, 2.45) is 5.73 Å². The summed E-state index contributed by atoms with van der Waals surface area (Å²) >= 11 is 0. The SMILES string of the molecule is N[C@@H]1CCc2ccc(F)cc2C1. The van der Waals surface area contributed by atoms with Gasteiger partial charge in [-0.25, -0.2) is 4.39 Å². The summed E-state index contributed by atoms with van der Waals surface area (Å²) in [7, 11) is 0. The van der Waals surface area contributed by atoms with Crippen LogP contribution in [0, 0.1) is 5.82 Å². The molecule has 0 saturated carbocycles. The van der Waals surface area contributed by atoms with Gasteiger partial charge in [0.05, 0.1) is 0 Å². The number of hydrogen-bond acceptors (Lipinski definition) is 1. The molecular weight excluding hydrogens is 153 g/mol. The van der Waals surface area contributed by atoms with E-state index in [0.29, 0.717) is 0 Å². The van der Waals surface area contributed by atoms with Gasteiger partial charge in [-0.1, -0.05) is 6.07 Å². The highest BCUT2D eigenvalue weighted by Gasteiger charge is 2.15. The number of aryl methyl sites for hydroxylation is 1. The lowest BCUT2D eigenvalue weighted by Crippen LogP contribution is -2.27. The van der Waals surface area contributed by atoms with Crippen LogP contribution in [0.25, 0.3) is 0 Å². The summed E-state index contributed by atoms with van der Waals surface area (Å²) in [6, 6.07) is 5.22. The van der Waals surface area contributed by atoms with Crippen molar-refractivity contribution in [3.63, 3.8) is 0 Å². The summed E-state index contributed by atoms with van der Waals surface area (Å²) in [6.45, 7) is 0. The number of benzene rings is 1. The van der Waals surface area contributed by atoms with Crippen molar-refractivity contribution in [1.29, 1.82) is 0 Å². The van der Waals surface area contributed by atoms with Gasteiger partial charge in [0.1, 0.15) is 5.82 Å². The first-order valence-corrected chi connectivity index (χ1v) is 4.28. The Morgan fingerprint density at radius 2 is 2.17 bits per heavy atom. The van der Waals surface area contributed by atoms with Gasteiger partial charge in [0.15, 0.2) is 0 Å². The topological polar surface area (TPSA) is 26.0 Å². The fourth-order valence-electron chi connectivity index (χ4n) is 1.75. The van der Waals surface area contributed by atoms with Crippen LogP contribution in [0.2, 0.25) is 0 Å². The average Bonchev–Trinajstić information content (AvgIpc) is 2.03. The van der Waals surface area contributed by atoms with Gasteiger partial charge in [0.2, 0.25) is 0 Å². The number of hydrogen-bond donors (Lipinski definition) is 1. The molecule has 0 aliphatic heterocycles. The van der Waals surface area contributed by atoms with Crippen LogP contribution in [0.4, 0.5) is 4.39 Å². The maximum absolute atomic E-state index is 12.8. The van der Waals surface area contributed by atoms with Gasteiger partial charge in [-0.15, -0.1) is 0 Å².